The fraction of sp³-hybridized carbons (Fsp3) is 0.412. The van der Waals surface area contributed by atoms with Gasteiger partial charge < -0.3 is 10.5 Å². The van der Waals surface area contributed by atoms with Crippen LogP contribution in [0.2, 0.25) is 0 Å². The molecule has 0 bridgehead atoms. The van der Waals surface area contributed by atoms with E-state index in [0.717, 1.165) is 42.9 Å². The number of nitrogens with two attached hydrogens (primary N) is 1. The Bertz CT molecular complexity index is 627. The molecule has 1 unspecified atom stereocenters. The minimum absolute atomic E-state index is 0.584. The fourth-order valence-electron chi connectivity index (χ4n) is 2.93. The molecule has 1 aliphatic carbocycles. The predicted octanol–water partition coefficient (Wildman–Crippen LogP) is 2.14. The first kappa shape index (κ1) is 14.0. The van der Waals surface area contributed by atoms with Crippen molar-refractivity contribution in [2.24, 2.45) is 11.7 Å². The molecule has 4 nitrogen and oxygen atoms in total. The van der Waals surface area contributed by atoms with Crippen LogP contribution in [0.5, 0.6) is 5.75 Å². The van der Waals surface area contributed by atoms with Crippen molar-refractivity contribution in [3.8, 4) is 5.75 Å². The molecule has 1 atom stereocenters. The number of benzene rings is 1. The molecule has 1 aliphatic rings. The monoisotopic (exact) mass is 283 g/mol. The van der Waals surface area contributed by atoms with Crippen LogP contribution in [0.4, 0.5) is 0 Å². The number of methoxy groups -OCH3 is 1. The first-order chi connectivity index (χ1) is 10.3. The summed E-state index contributed by atoms with van der Waals surface area (Å²) >= 11 is 0. The van der Waals surface area contributed by atoms with Crippen molar-refractivity contribution < 1.29 is 4.74 Å². The van der Waals surface area contributed by atoms with Gasteiger partial charge in [0.2, 0.25) is 0 Å². The van der Waals surface area contributed by atoms with Crippen LogP contribution in [-0.2, 0) is 19.3 Å². The Hall–Kier alpha value is -1.94. The lowest BCUT2D eigenvalue weighted by Gasteiger charge is -2.22. The van der Waals surface area contributed by atoms with Crippen molar-refractivity contribution in [2.75, 3.05) is 13.7 Å². The summed E-state index contributed by atoms with van der Waals surface area (Å²) in [5.74, 6) is 2.34. The van der Waals surface area contributed by atoms with Gasteiger partial charge in [-0.3, -0.25) is 0 Å². The van der Waals surface area contributed by atoms with E-state index in [0.29, 0.717) is 12.3 Å². The highest BCUT2D eigenvalue weighted by molar-refractivity contribution is 5.35. The average molecular weight is 283 g/mol. The van der Waals surface area contributed by atoms with Crippen molar-refractivity contribution in [3.05, 3.63) is 53.1 Å². The van der Waals surface area contributed by atoms with Gasteiger partial charge in [0.1, 0.15) is 11.6 Å². The maximum atomic E-state index is 5.77. The summed E-state index contributed by atoms with van der Waals surface area (Å²) in [5, 5.41) is 0. The number of fused-ring (bicyclic) bond motifs is 1. The van der Waals surface area contributed by atoms with E-state index in [1.54, 1.807) is 7.11 Å². The van der Waals surface area contributed by atoms with Crippen LogP contribution in [0.15, 0.2) is 30.5 Å². The van der Waals surface area contributed by atoms with Gasteiger partial charge in [0.15, 0.2) is 0 Å². The number of hydrogen-bond donors (Lipinski definition) is 1. The SMILES string of the molecule is COc1ccccc1Cc1ncc2c(n1)CCC(CN)C2. The molecule has 0 amide bonds. The zero-order valence-electron chi connectivity index (χ0n) is 12.4. The zero-order chi connectivity index (χ0) is 14.7. The van der Waals surface area contributed by atoms with Gasteiger partial charge in [-0.05, 0) is 43.4 Å². The van der Waals surface area contributed by atoms with Crippen molar-refractivity contribution in [1.82, 2.24) is 9.97 Å². The molecule has 0 radical (unpaired) electrons. The molecule has 0 fully saturated rings. The molecule has 1 aromatic heterocycles. The van der Waals surface area contributed by atoms with E-state index in [4.69, 9.17) is 15.5 Å². The number of hydrogen-bond acceptors (Lipinski definition) is 4. The number of aromatic nitrogens is 2. The van der Waals surface area contributed by atoms with Crippen LogP contribution in [0, 0.1) is 5.92 Å². The van der Waals surface area contributed by atoms with Gasteiger partial charge in [-0.25, -0.2) is 9.97 Å². The lowest BCUT2D eigenvalue weighted by Crippen LogP contribution is -2.23. The third-order valence-corrected chi connectivity index (χ3v) is 4.18. The van der Waals surface area contributed by atoms with Crippen LogP contribution in [0.1, 0.15) is 29.1 Å². The molecule has 0 saturated heterocycles. The average Bonchev–Trinajstić information content (AvgIpc) is 2.55. The van der Waals surface area contributed by atoms with Gasteiger partial charge in [0.05, 0.1) is 7.11 Å². The highest BCUT2D eigenvalue weighted by Gasteiger charge is 2.19. The van der Waals surface area contributed by atoms with Crippen LogP contribution in [0.25, 0.3) is 0 Å². The van der Waals surface area contributed by atoms with Crippen molar-refractivity contribution in [1.29, 1.82) is 0 Å². The molecule has 2 aromatic rings. The Morgan fingerprint density at radius 1 is 1.33 bits per heavy atom. The van der Waals surface area contributed by atoms with Crippen molar-refractivity contribution in [3.63, 3.8) is 0 Å². The van der Waals surface area contributed by atoms with Gasteiger partial charge in [0.25, 0.3) is 0 Å². The third kappa shape index (κ3) is 3.05. The maximum absolute atomic E-state index is 5.77. The molecule has 1 aromatic carbocycles. The van der Waals surface area contributed by atoms with Gasteiger partial charge in [-0.1, -0.05) is 18.2 Å². The maximum Gasteiger partial charge on any atom is 0.133 e. The number of rotatable bonds is 4. The molecule has 1 heterocycles. The van der Waals surface area contributed by atoms with Crippen LogP contribution >= 0.6 is 0 Å². The Balaban J connectivity index is 1.81. The van der Waals surface area contributed by atoms with Crippen LogP contribution < -0.4 is 10.5 Å². The first-order valence-electron chi connectivity index (χ1n) is 7.45. The number of ether oxygens (including phenoxy) is 1. The Morgan fingerprint density at radius 3 is 3.00 bits per heavy atom. The summed E-state index contributed by atoms with van der Waals surface area (Å²) < 4.78 is 5.39. The second kappa shape index (κ2) is 6.22. The largest absolute Gasteiger partial charge is 0.496 e. The quantitative estimate of drug-likeness (QED) is 0.934. The summed E-state index contributed by atoms with van der Waals surface area (Å²) in [6, 6.07) is 8.02. The van der Waals surface area contributed by atoms with Gasteiger partial charge in [-0.2, -0.15) is 0 Å². The molecule has 0 saturated carbocycles. The molecule has 110 valence electrons. The number of nitrogens with zero attached hydrogens (tertiary/aromatic N) is 2. The smallest absolute Gasteiger partial charge is 0.133 e. The molecule has 0 spiro atoms. The summed E-state index contributed by atoms with van der Waals surface area (Å²) in [6.07, 6.45) is 5.85. The highest BCUT2D eigenvalue weighted by Crippen LogP contribution is 2.24. The number of aryl methyl sites for hydroxylation is 1. The van der Waals surface area contributed by atoms with E-state index in [9.17, 15) is 0 Å². The minimum atomic E-state index is 0.584. The summed E-state index contributed by atoms with van der Waals surface area (Å²) in [5.41, 5.74) is 9.35. The topological polar surface area (TPSA) is 61.0 Å². The Morgan fingerprint density at radius 2 is 2.19 bits per heavy atom. The molecule has 0 aliphatic heterocycles. The second-order valence-electron chi connectivity index (χ2n) is 5.59. The summed E-state index contributed by atoms with van der Waals surface area (Å²) in [6.45, 7) is 0.752. The third-order valence-electron chi connectivity index (χ3n) is 4.18. The standard InChI is InChI=1S/C17H21N3O/c1-21-16-5-3-2-4-13(16)9-17-19-11-14-8-12(10-18)6-7-15(14)20-17/h2-5,11-12H,6-10,18H2,1H3. The van der Waals surface area contributed by atoms with Crippen molar-refractivity contribution >= 4 is 0 Å². The van der Waals surface area contributed by atoms with E-state index < -0.39 is 0 Å². The number of para-hydroxylation sites is 1. The van der Waals surface area contributed by atoms with E-state index in [2.05, 4.69) is 11.1 Å². The predicted molar refractivity (Wildman–Crippen MR) is 82.4 cm³/mol. The fourth-order valence-corrected chi connectivity index (χ4v) is 2.93. The summed E-state index contributed by atoms with van der Waals surface area (Å²) in [4.78, 5) is 9.27. The highest BCUT2D eigenvalue weighted by atomic mass is 16.5. The second-order valence-corrected chi connectivity index (χ2v) is 5.59. The normalized spacial score (nSPS) is 17.3. The molecule has 4 heteroatoms. The van der Waals surface area contributed by atoms with Gasteiger partial charge in [0, 0.05) is 23.9 Å². The Kier molecular flexibility index (Phi) is 4.15. The van der Waals surface area contributed by atoms with E-state index in [1.807, 2.05) is 24.4 Å². The molecular formula is C17H21N3O. The van der Waals surface area contributed by atoms with Crippen LogP contribution in [0.3, 0.4) is 0 Å². The van der Waals surface area contributed by atoms with E-state index >= 15 is 0 Å². The molecule has 2 N–H and O–H groups in total. The minimum Gasteiger partial charge on any atom is -0.496 e. The van der Waals surface area contributed by atoms with E-state index in [-0.39, 0.29) is 0 Å². The molecule has 21 heavy (non-hydrogen) atoms. The van der Waals surface area contributed by atoms with Gasteiger partial charge in [-0.15, -0.1) is 0 Å². The summed E-state index contributed by atoms with van der Waals surface area (Å²) in [7, 11) is 1.69. The van der Waals surface area contributed by atoms with Gasteiger partial charge >= 0.3 is 0 Å². The van der Waals surface area contributed by atoms with Crippen LogP contribution in [-0.4, -0.2) is 23.6 Å². The lowest BCUT2D eigenvalue weighted by molar-refractivity contribution is 0.410. The first-order valence-corrected chi connectivity index (χ1v) is 7.45. The van der Waals surface area contributed by atoms with Crippen molar-refractivity contribution in [2.45, 2.75) is 25.7 Å². The molecule has 3 rings (SSSR count). The lowest BCUT2D eigenvalue weighted by atomic mass is 9.87. The zero-order valence-corrected chi connectivity index (χ0v) is 12.4. The molecular weight excluding hydrogens is 262 g/mol. The van der Waals surface area contributed by atoms with E-state index in [1.165, 1.54) is 11.3 Å². The Labute approximate surface area is 125 Å².